The summed E-state index contributed by atoms with van der Waals surface area (Å²) in [7, 11) is 1.38. The van der Waals surface area contributed by atoms with Gasteiger partial charge in [-0.25, -0.2) is 9.78 Å². The lowest BCUT2D eigenvalue weighted by molar-refractivity contribution is -0.141. The highest BCUT2D eigenvalue weighted by atomic mass is 16.6. The summed E-state index contributed by atoms with van der Waals surface area (Å²) < 4.78 is 16.2. The van der Waals surface area contributed by atoms with E-state index in [0.717, 1.165) is 16.7 Å². The van der Waals surface area contributed by atoms with E-state index in [9.17, 15) is 14.4 Å². The number of carbonyl (C=O) groups is 3. The lowest BCUT2D eigenvalue weighted by atomic mass is 9.94. The van der Waals surface area contributed by atoms with Gasteiger partial charge in [-0.1, -0.05) is 48.5 Å². The topological polar surface area (TPSA) is 104 Å². The van der Waals surface area contributed by atoms with E-state index >= 15 is 0 Å². The van der Waals surface area contributed by atoms with Crippen molar-refractivity contribution < 1.29 is 28.6 Å². The van der Waals surface area contributed by atoms with Crippen LogP contribution in [0.1, 0.15) is 91.0 Å². The molecule has 2 aliphatic rings. The largest absolute Gasteiger partial charge is 0.493 e. The smallest absolute Gasteiger partial charge is 0.333 e. The van der Waals surface area contributed by atoms with Gasteiger partial charge in [-0.05, 0) is 73.6 Å². The summed E-state index contributed by atoms with van der Waals surface area (Å²) in [5.74, 6) is -0.248. The van der Waals surface area contributed by atoms with E-state index in [2.05, 4.69) is 58.8 Å². The average molecular weight is 555 g/mol. The molecule has 0 spiro atoms. The van der Waals surface area contributed by atoms with Gasteiger partial charge in [0.25, 0.3) is 5.91 Å². The molecule has 8 heteroatoms. The molecule has 1 heterocycles. The van der Waals surface area contributed by atoms with E-state index in [-0.39, 0.29) is 17.2 Å². The maximum absolute atomic E-state index is 13.2. The van der Waals surface area contributed by atoms with E-state index in [4.69, 9.17) is 14.2 Å². The van der Waals surface area contributed by atoms with Crippen molar-refractivity contribution in [3.05, 3.63) is 94.5 Å². The first-order valence-electron chi connectivity index (χ1n) is 13.9. The number of aromatic nitrogens is 1. The fourth-order valence-electron chi connectivity index (χ4n) is 4.86. The molecule has 0 unspecified atom stereocenters. The van der Waals surface area contributed by atoms with Crippen LogP contribution in [-0.4, -0.2) is 36.0 Å². The van der Waals surface area contributed by atoms with Gasteiger partial charge in [-0.3, -0.25) is 9.59 Å². The Bertz CT molecular complexity index is 1430. The van der Waals surface area contributed by atoms with Crippen LogP contribution in [-0.2, 0) is 14.3 Å². The first kappa shape index (κ1) is 28.1. The zero-order valence-corrected chi connectivity index (χ0v) is 23.7. The van der Waals surface area contributed by atoms with Gasteiger partial charge in [-0.2, -0.15) is 0 Å². The van der Waals surface area contributed by atoms with Gasteiger partial charge in [0.2, 0.25) is 5.75 Å². The molecule has 5 rings (SSSR count). The number of hydrogen-bond acceptors (Lipinski definition) is 7. The molecule has 41 heavy (non-hydrogen) atoms. The summed E-state index contributed by atoms with van der Waals surface area (Å²) in [6.45, 7) is 4.49. The maximum Gasteiger partial charge on any atom is 0.333 e. The van der Waals surface area contributed by atoms with Gasteiger partial charge in [0.15, 0.2) is 11.4 Å². The lowest BCUT2D eigenvalue weighted by Crippen LogP contribution is -2.40. The highest BCUT2D eigenvalue weighted by Gasteiger charge is 2.27. The number of benzene rings is 2. The van der Waals surface area contributed by atoms with Crippen molar-refractivity contribution >= 4 is 23.4 Å². The number of hydrogen-bond donors (Lipinski definition) is 1. The zero-order chi connectivity index (χ0) is 29.1. The van der Waals surface area contributed by atoms with Crippen LogP contribution >= 0.6 is 0 Å². The number of carbonyl (C=O) groups excluding carboxylic acids is 3. The van der Waals surface area contributed by atoms with Gasteiger partial charge in [0.05, 0.1) is 7.11 Å². The number of pyridine rings is 1. The van der Waals surface area contributed by atoms with Gasteiger partial charge >= 0.3 is 11.9 Å². The van der Waals surface area contributed by atoms with E-state index in [1.165, 1.54) is 70.0 Å². The Morgan fingerprint density at radius 1 is 0.854 bits per heavy atom. The normalized spacial score (nSPS) is 14.9. The molecule has 3 aromatic rings. The summed E-state index contributed by atoms with van der Waals surface area (Å²) >= 11 is 0. The lowest BCUT2D eigenvalue weighted by Gasteiger charge is -2.18. The molecular formula is C33H34N2O6. The zero-order valence-electron chi connectivity index (χ0n) is 23.7. The quantitative estimate of drug-likeness (QED) is 0.245. The Labute approximate surface area is 239 Å². The molecule has 1 N–H and O–H groups in total. The molecule has 0 aliphatic heterocycles. The van der Waals surface area contributed by atoms with Gasteiger partial charge in [-0.15, -0.1) is 0 Å². The molecule has 212 valence electrons. The Morgan fingerprint density at radius 2 is 1.39 bits per heavy atom. The molecule has 1 aromatic heterocycles. The average Bonchev–Trinajstić information content (AvgIpc) is 3.87. The highest BCUT2D eigenvalue weighted by Crippen LogP contribution is 2.42. The van der Waals surface area contributed by atoms with Crippen LogP contribution in [0.25, 0.3) is 5.57 Å². The Morgan fingerprint density at radius 3 is 1.85 bits per heavy atom. The van der Waals surface area contributed by atoms with Crippen molar-refractivity contribution in [1.82, 2.24) is 10.3 Å². The predicted molar refractivity (Wildman–Crippen MR) is 154 cm³/mol. The summed E-state index contributed by atoms with van der Waals surface area (Å²) in [6.07, 6.45) is 6.24. The molecule has 1 atom stereocenters. The second-order valence-electron chi connectivity index (χ2n) is 10.6. The number of rotatable bonds is 10. The summed E-state index contributed by atoms with van der Waals surface area (Å²) in [5, 5.41) is 2.59. The fraction of sp³-hybridized carbons (Fsp3) is 0.333. The van der Waals surface area contributed by atoms with Gasteiger partial charge in [0, 0.05) is 24.8 Å². The third-order valence-corrected chi connectivity index (χ3v) is 7.35. The molecular weight excluding hydrogens is 520 g/mol. The molecule has 2 aromatic carbocycles. The second kappa shape index (κ2) is 12.0. The number of ether oxygens (including phenoxy) is 3. The summed E-state index contributed by atoms with van der Waals surface area (Å²) in [6, 6.07) is 17.3. The van der Waals surface area contributed by atoms with Crippen molar-refractivity contribution in [3.8, 4) is 11.5 Å². The van der Waals surface area contributed by atoms with E-state index in [1.807, 2.05) is 0 Å². The first-order valence-corrected chi connectivity index (χ1v) is 13.9. The number of nitrogens with zero attached hydrogens (tertiary/aromatic N) is 1. The minimum absolute atomic E-state index is 0.122. The molecule has 0 radical (unpaired) electrons. The van der Waals surface area contributed by atoms with Gasteiger partial charge in [0.1, 0.15) is 11.8 Å². The SMILES string of the molecule is COc1ccnc(C(=O)N[C@@H](C)C(=O)OC(C)=C(c2ccc(C3CC3)cc2)c2ccc(C3CC3)cc2)c1OC(C)=O. The Kier molecular flexibility index (Phi) is 8.19. The highest BCUT2D eigenvalue weighted by molar-refractivity contribution is 5.98. The molecule has 0 saturated heterocycles. The number of esters is 2. The second-order valence-corrected chi connectivity index (χ2v) is 10.6. The van der Waals surface area contributed by atoms with Crippen molar-refractivity contribution in [1.29, 1.82) is 0 Å². The van der Waals surface area contributed by atoms with Crippen molar-refractivity contribution in [2.45, 2.75) is 64.3 Å². The van der Waals surface area contributed by atoms with Crippen LogP contribution in [0.5, 0.6) is 11.5 Å². The van der Waals surface area contributed by atoms with Crippen molar-refractivity contribution in [2.24, 2.45) is 0 Å². The van der Waals surface area contributed by atoms with Crippen LogP contribution < -0.4 is 14.8 Å². The van der Waals surface area contributed by atoms with Crippen LogP contribution in [0, 0.1) is 0 Å². The minimum atomic E-state index is -1.02. The summed E-state index contributed by atoms with van der Waals surface area (Å²) in [4.78, 5) is 41.8. The molecule has 0 bridgehead atoms. The monoisotopic (exact) mass is 554 g/mol. The van der Waals surface area contributed by atoms with Crippen LogP contribution in [0.4, 0.5) is 0 Å². The maximum atomic E-state index is 13.2. The molecule has 2 fully saturated rings. The van der Waals surface area contributed by atoms with E-state index in [0.29, 0.717) is 17.6 Å². The van der Waals surface area contributed by atoms with E-state index < -0.39 is 23.9 Å². The number of amides is 1. The first-order chi connectivity index (χ1) is 19.7. The van der Waals surface area contributed by atoms with Crippen LogP contribution in [0.15, 0.2) is 66.6 Å². The van der Waals surface area contributed by atoms with Crippen LogP contribution in [0.2, 0.25) is 0 Å². The third-order valence-electron chi connectivity index (χ3n) is 7.35. The Hall–Kier alpha value is -4.46. The number of methoxy groups -OCH3 is 1. The third kappa shape index (κ3) is 6.65. The minimum Gasteiger partial charge on any atom is -0.493 e. The number of nitrogens with one attached hydrogen (secondary N) is 1. The molecule has 2 aliphatic carbocycles. The van der Waals surface area contributed by atoms with E-state index in [1.54, 1.807) is 6.92 Å². The number of allylic oxidation sites excluding steroid dienone is 1. The molecule has 8 nitrogen and oxygen atoms in total. The predicted octanol–water partition coefficient (Wildman–Crippen LogP) is 5.91. The van der Waals surface area contributed by atoms with Crippen molar-refractivity contribution in [2.75, 3.05) is 7.11 Å². The fourth-order valence-corrected chi connectivity index (χ4v) is 4.86. The standard InChI is InChI=1S/C33H34N2O6/c1-19(35-32(37)30-31(41-21(3)36)28(39-4)17-18-34-30)33(38)40-20(2)29(26-13-9-24(10-14-26)22-5-6-22)27-15-11-25(12-16-27)23-7-8-23/h9-19,22-23H,5-8H2,1-4H3,(H,35,37)/t19-/m0/s1. The van der Waals surface area contributed by atoms with Gasteiger partial charge < -0.3 is 19.5 Å². The molecule has 1 amide bonds. The Balaban J connectivity index is 1.37. The van der Waals surface area contributed by atoms with Crippen molar-refractivity contribution in [3.63, 3.8) is 0 Å². The summed E-state index contributed by atoms with van der Waals surface area (Å²) in [5.41, 5.74) is 5.17. The van der Waals surface area contributed by atoms with Crippen LogP contribution in [0.3, 0.4) is 0 Å². The molecule has 2 saturated carbocycles.